The van der Waals surface area contributed by atoms with Crippen LogP contribution in [0.15, 0.2) is 24.3 Å². The van der Waals surface area contributed by atoms with Crippen LogP contribution in [0.5, 0.6) is 0 Å². The van der Waals surface area contributed by atoms with Crippen LogP contribution in [-0.4, -0.2) is 43.7 Å². The van der Waals surface area contributed by atoms with E-state index in [0.29, 0.717) is 0 Å². The van der Waals surface area contributed by atoms with E-state index in [1.54, 1.807) is 0 Å². The Labute approximate surface area is 118 Å². The molecule has 0 bridgehead atoms. The maximum atomic E-state index is 4.58. The van der Waals surface area contributed by atoms with Gasteiger partial charge in [-0.2, -0.15) is 9.50 Å². The zero-order valence-electron chi connectivity index (χ0n) is 12.4. The van der Waals surface area contributed by atoms with Gasteiger partial charge in [0, 0.05) is 13.1 Å². The van der Waals surface area contributed by atoms with Crippen LogP contribution in [0.2, 0.25) is 0 Å². The Morgan fingerprint density at radius 2 is 1.80 bits per heavy atom. The molecule has 3 aromatic rings. The number of hydrogen-bond donors (Lipinski definition) is 0. The first-order chi connectivity index (χ1) is 9.74. The van der Waals surface area contributed by atoms with E-state index in [1.807, 2.05) is 17.5 Å². The smallest absolute Gasteiger partial charge is 0.233 e. The number of nitrogens with zero attached hydrogens (tertiary/aromatic N) is 5. The van der Waals surface area contributed by atoms with Crippen molar-refractivity contribution in [1.29, 1.82) is 0 Å². The van der Waals surface area contributed by atoms with Gasteiger partial charge in [-0.05, 0) is 32.1 Å². The lowest BCUT2D eigenvalue weighted by Crippen LogP contribution is -2.27. The summed E-state index contributed by atoms with van der Waals surface area (Å²) in [6, 6.07) is 8.36. The predicted octanol–water partition coefficient (Wildman–Crippen LogP) is 2.33. The topological polar surface area (TPSA) is 38.4 Å². The largest absolute Gasteiger partial charge is 0.307 e. The van der Waals surface area contributed by atoms with E-state index >= 15 is 0 Å². The van der Waals surface area contributed by atoms with Crippen molar-refractivity contribution in [3.63, 3.8) is 0 Å². The Balaban J connectivity index is 2.06. The van der Waals surface area contributed by atoms with Crippen molar-refractivity contribution in [2.24, 2.45) is 0 Å². The highest BCUT2D eigenvalue weighted by molar-refractivity contribution is 5.80. The molecular formula is C15H21N5. The van der Waals surface area contributed by atoms with Gasteiger partial charge in [0.1, 0.15) is 5.82 Å². The number of fused-ring (bicyclic) bond motifs is 3. The number of aromatic nitrogens is 4. The Hall–Kier alpha value is -1.88. The van der Waals surface area contributed by atoms with Crippen molar-refractivity contribution in [1.82, 2.24) is 24.1 Å². The molecule has 0 amide bonds. The van der Waals surface area contributed by atoms with Gasteiger partial charge in [0.05, 0.1) is 11.0 Å². The average Bonchev–Trinajstić information content (AvgIpc) is 2.97. The Morgan fingerprint density at radius 3 is 2.50 bits per heavy atom. The molecule has 3 rings (SSSR count). The molecule has 20 heavy (non-hydrogen) atoms. The van der Waals surface area contributed by atoms with Crippen LogP contribution in [-0.2, 0) is 6.54 Å². The summed E-state index contributed by atoms with van der Waals surface area (Å²) in [5.41, 5.74) is 2.33. The molecule has 0 aliphatic carbocycles. The summed E-state index contributed by atoms with van der Waals surface area (Å²) < 4.78 is 4.22. The summed E-state index contributed by atoms with van der Waals surface area (Å²) >= 11 is 0. The van der Waals surface area contributed by atoms with Crippen molar-refractivity contribution < 1.29 is 0 Å². The van der Waals surface area contributed by atoms with Crippen molar-refractivity contribution in [3.8, 4) is 0 Å². The van der Waals surface area contributed by atoms with E-state index in [1.165, 1.54) is 5.52 Å². The van der Waals surface area contributed by atoms with Gasteiger partial charge in [0.15, 0.2) is 0 Å². The lowest BCUT2D eigenvalue weighted by atomic mass is 10.3. The summed E-state index contributed by atoms with van der Waals surface area (Å²) in [4.78, 5) is 7.00. The summed E-state index contributed by atoms with van der Waals surface area (Å²) in [7, 11) is 0. The molecule has 0 saturated heterocycles. The molecule has 1 aromatic carbocycles. The normalized spacial score (nSPS) is 12.0. The number of likely N-dealkylation sites (N-methyl/N-ethyl adjacent to an activating group) is 1. The molecule has 0 unspecified atom stereocenters. The van der Waals surface area contributed by atoms with E-state index in [4.69, 9.17) is 0 Å². The average molecular weight is 271 g/mol. The summed E-state index contributed by atoms with van der Waals surface area (Å²) in [5.74, 6) is 1.76. The third-order valence-corrected chi connectivity index (χ3v) is 3.87. The van der Waals surface area contributed by atoms with Crippen LogP contribution in [0, 0.1) is 6.92 Å². The Kier molecular flexibility index (Phi) is 3.44. The van der Waals surface area contributed by atoms with Gasteiger partial charge >= 0.3 is 0 Å². The maximum Gasteiger partial charge on any atom is 0.233 e. The highest BCUT2D eigenvalue weighted by Crippen LogP contribution is 2.19. The van der Waals surface area contributed by atoms with E-state index in [2.05, 4.69) is 51.6 Å². The molecule has 0 spiro atoms. The van der Waals surface area contributed by atoms with Crippen LogP contribution in [0.25, 0.3) is 16.8 Å². The van der Waals surface area contributed by atoms with Crippen LogP contribution >= 0.6 is 0 Å². The third-order valence-electron chi connectivity index (χ3n) is 3.87. The molecular weight excluding hydrogens is 250 g/mol. The van der Waals surface area contributed by atoms with Gasteiger partial charge in [-0.1, -0.05) is 26.0 Å². The first-order valence-corrected chi connectivity index (χ1v) is 7.27. The quantitative estimate of drug-likeness (QED) is 0.715. The molecule has 0 N–H and O–H groups in total. The maximum absolute atomic E-state index is 4.58. The molecule has 2 aromatic heterocycles. The van der Waals surface area contributed by atoms with E-state index < -0.39 is 0 Å². The van der Waals surface area contributed by atoms with Gasteiger partial charge in [-0.15, -0.1) is 5.10 Å². The van der Waals surface area contributed by atoms with Crippen LogP contribution in [0.4, 0.5) is 0 Å². The molecule has 2 heterocycles. The molecule has 0 fully saturated rings. The molecule has 0 saturated carbocycles. The SMILES string of the molecule is CCN(CC)CCn1c2ccccc2n2nc(C)nc12. The third kappa shape index (κ3) is 2.08. The fourth-order valence-electron chi connectivity index (χ4n) is 2.72. The van der Waals surface area contributed by atoms with Gasteiger partial charge < -0.3 is 9.47 Å². The molecule has 5 nitrogen and oxygen atoms in total. The number of aryl methyl sites for hydroxylation is 1. The second-order valence-electron chi connectivity index (χ2n) is 5.04. The van der Waals surface area contributed by atoms with Gasteiger partial charge in [-0.25, -0.2) is 0 Å². The van der Waals surface area contributed by atoms with Crippen molar-refractivity contribution in [3.05, 3.63) is 30.1 Å². The zero-order chi connectivity index (χ0) is 14.1. The molecule has 0 atom stereocenters. The van der Waals surface area contributed by atoms with Gasteiger partial charge in [-0.3, -0.25) is 0 Å². The Bertz CT molecular complexity index is 720. The summed E-state index contributed by atoms with van der Waals surface area (Å²) in [6.07, 6.45) is 0. The van der Waals surface area contributed by atoms with Gasteiger partial charge in [0.2, 0.25) is 5.78 Å². The fourth-order valence-corrected chi connectivity index (χ4v) is 2.72. The van der Waals surface area contributed by atoms with Crippen molar-refractivity contribution in [2.45, 2.75) is 27.3 Å². The van der Waals surface area contributed by atoms with E-state index in [-0.39, 0.29) is 0 Å². The molecule has 0 radical (unpaired) electrons. The molecule has 0 aliphatic rings. The molecule has 0 aliphatic heterocycles. The van der Waals surface area contributed by atoms with Crippen LogP contribution < -0.4 is 0 Å². The monoisotopic (exact) mass is 271 g/mol. The fraction of sp³-hybridized carbons (Fsp3) is 0.467. The predicted molar refractivity (Wildman–Crippen MR) is 81.0 cm³/mol. The highest BCUT2D eigenvalue weighted by Gasteiger charge is 2.13. The molecule has 106 valence electrons. The van der Waals surface area contributed by atoms with Gasteiger partial charge in [0.25, 0.3) is 0 Å². The standard InChI is InChI=1S/C15H21N5/c1-4-18(5-2)10-11-19-13-8-6-7-9-14(13)20-15(19)16-12(3)17-20/h6-9H,4-5,10-11H2,1-3H3. The number of hydrogen-bond acceptors (Lipinski definition) is 3. The summed E-state index contributed by atoms with van der Waals surface area (Å²) in [6.45, 7) is 10.5. The Morgan fingerprint density at radius 1 is 1.10 bits per heavy atom. The number of para-hydroxylation sites is 2. The van der Waals surface area contributed by atoms with Crippen molar-refractivity contribution >= 4 is 16.8 Å². The van der Waals surface area contributed by atoms with E-state index in [0.717, 1.165) is 43.3 Å². The number of benzene rings is 1. The minimum Gasteiger partial charge on any atom is -0.307 e. The number of imidazole rings is 1. The number of rotatable bonds is 5. The van der Waals surface area contributed by atoms with E-state index in [9.17, 15) is 0 Å². The molecule has 5 heteroatoms. The second-order valence-corrected chi connectivity index (χ2v) is 5.04. The van der Waals surface area contributed by atoms with Crippen LogP contribution in [0.3, 0.4) is 0 Å². The van der Waals surface area contributed by atoms with Crippen molar-refractivity contribution in [2.75, 3.05) is 19.6 Å². The minimum absolute atomic E-state index is 0.822. The van der Waals surface area contributed by atoms with Crippen LogP contribution in [0.1, 0.15) is 19.7 Å². The summed E-state index contributed by atoms with van der Waals surface area (Å²) in [5, 5.41) is 4.50. The first-order valence-electron chi connectivity index (χ1n) is 7.27. The highest BCUT2D eigenvalue weighted by atomic mass is 15.4. The first kappa shape index (κ1) is 13.1. The lowest BCUT2D eigenvalue weighted by Gasteiger charge is -2.18. The second kappa shape index (κ2) is 5.25. The zero-order valence-corrected chi connectivity index (χ0v) is 12.4. The minimum atomic E-state index is 0.822. The lowest BCUT2D eigenvalue weighted by molar-refractivity contribution is 0.293.